The Kier molecular flexibility index (Phi) is 2.89. The topological polar surface area (TPSA) is 29.3 Å². The average Bonchev–Trinajstić information content (AvgIpc) is 3.01. The molecule has 0 unspecified atom stereocenters. The first kappa shape index (κ1) is 11.4. The molecular formula is C13H19FN2. The van der Waals surface area contributed by atoms with Crippen molar-refractivity contribution < 1.29 is 4.39 Å². The van der Waals surface area contributed by atoms with Crippen molar-refractivity contribution in [1.82, 2.24) is 0 Å². The summed E-state index contributed by atoms with van der Waals surface area (Å²) in [7, 11) is 3.89. The average molecular weight is 222 g/mol. The summed E-state index contributed by atoms with van der Waals surface area (Å²) in [6.07, 6.45) is 3.37. The lowest BCUT2D eigenvalue weighted by Crippen LogP contribution is -2.20. The number of hydrogen-bond acceptors (Lipinski definition) is 2. The normalized spacial score (nSPS) is 17.2. The molecule has 88 valence electrons. The van der Waals surface area contributed by atoms with E-state index in [1.54, 1.807) is 6.07 Å². The first-order chi connectivity index (χ1) is 7.56. The van der Waals surface area contributed by atoms with Gasteiger partial charge in [0, 0.05) is 19.8 Å². The van der Waals surface area contributed by atoms with Crippen LogP contribution in [0.15, 0.2) is 18.2 Å². The third-order valence-corrected chi connectivity index (χ3v) is 3.48. The summed E-state index contributed by atoms with van der Waals surface area (Å²) < 4.78 is 13.2. The zero-order chi connectivity index (χ0) is 11.8. The van der Waals surface area contributed by atoms with Crippen LogP contribution in [-0.4, -0.2) is 20.6 Å². The van der Waals surface area contributed by atoms with Crippen LogP contribution in [0.2, 0.25) is 0 Å². The maximum absolute atomic E-state index is 13.2. The van der Waals surface area contributed by atoms with Crippen molar-refractivity contribution in [3.05, 3.63) is 29.6 Å². The molecule has 16 heavy (non-hydrogen) atoms. The molecule has 1 fully saturated rings. The highest BCUT2D eigenvalue weighted by Gasteiger charge is 2.41. The number of benzene rings is 1. The van der Waals surface area contributed by atoms with Gasteiger partial charge < -0.3 is 10.6 Å². The molecule has 0 spiro atoms. The van der Waals surface area contributed by atoms with Gasteiger partial charge >= 0.3 is 0 Å². The summed E-state index contributed by atoms with van der Waals surface area (Å²) in [5, 5.41) is 0. The van der Waals surface area contributed by atoms with Crippen molar-refractivity contribution in [1.29, 1.82) is 0 Å². The molecule has 1 aromatic carbocycles. The Bertz CT molecular complexity index is 384. The van der Waals surface area contributed by atoms with Gasteiger partial charge in [0.2, 0.25) is 0 Å². The van der Waals surface area contributed by atoms with E-state index >= 15 is 0 Å². The highest BCUT2D eigenvalue weighted by atomic mass is 19.1. The molecule has 1 saturated carbocycles. The van der Waals surface area contributed by atoms with Crippen LogP contribution in [0, 0.1) is 11.2 Å². The van der Waals surface area contributed by atoms with Crippen LogP contribution in [-0.2, 0) is 6.42 Å². The molecule has 0 heterocycles. The van der Waals surface area contributed by atoms with Crippen molar-refractivity contribution in [3.63, 3.8) is 0 Å². The molecule has 3 heteroatoms. The summed E-state index contributed by atoms with van der Waals surface area (Å²) in [6.45, 7) is 0.733. The molecule has 0 amide bonds. The number of nitrogens with zero attached hydrogens (tertiary/aromatic N) is 1. The summed E-state index contributed by atoms with van der Waals surface area (Å²) in [5.74, 6) is -0.176. The monoisotopic (exact) mass is 222 g/mol. The fourth-order valence-corrected chi connectivity index (χ4v) is 2.14. The van der Waals surface area contributed by atoms with Gasteiger partial charge in [-0.2, -0.15) is 0 Å². The lowest BCUT2D eigenvalue weighted by molar-refractivity contribution is 0.520. The molecule has 1 aliphatic carbocycles. The Morgan fingerprint density at radius 2 is 2.06 bits per heavy atom. The minimum Gasteiger partial charge on any atom is -0.377 e. The lowest BCUT2D eigenvalue weighted by atomic mass is 9.95. The predicted molar refractivity (Wildman–Crippen MR) is 65.2 cm³/mol. The van der Waals surface area contributed by atoms with E-state index in [1.165, 1.54) is 24.5 Å². The van der Waals surface area contributed by atoms with Gasteiger partial charge in [-0.25, -0.2) is 4.39 Å². The number of anilines is 1. The first-order valence-corrected chi connectivity index (χ1v) is 5.72. The third-order valence-electron chi connectivity index (χ3n) is 3.48. The molecule has 0 bridgehead atoms. The summed E-state index contributed by atoms with van der Waals surface area (Å²) in [6, 6.07) is 5.03. The van der Waals surface area contributed by atoms with Crippen molar-refractivity contribution in [2.24, 2.45) is 11.1 Å². The van der Waals surface area contributed by atoms with Crippen LogP contribution < -0.4 is 10.6 Å². The molecule has 0 atom stereocenters. The van der Waals surface area contributed by atoms with Gasteiger partial charge in [0.15, 0.2) is 0 Å². The third kappa shape index (κ3) is 2.19. The molecule has 2 nitrogen and oxygen atoms in total. The highest BCUT2D eigenvalue weighted by Crippen LogP contribution is 2.48. The van der Waals surface area contributed by atoms with Gasteiger partial charge in [0.05, 0.1) is 0 Å². The van der Waals surface area contributed by atoms with E-state index in [2.05, 4.69) is 0 Å². The van der Waals surface area contributed by atoms with Gasteiger partial charge in [-0.3, -0.25) is 0 Å². The summed E-state index contributed by atoms with van der Waals surface area (Å²) in [5.41, 5.74) is 8.25. The van der Waals surface area contributed by atoms with E-state index in [0.29, 0.717) is 5.41 Å². The van der Waals surface area contributed by atoms with Gasteiger partial charge in [-0.15, -0.1) is 0 Å². The van der Waals surface area contributed by atoms with Crippen LogP contribution in [0.25, 0.3) is 0 Å². The zero-order valence-corrected chi connectivity index (χ0v) is 9.96. The zero-order valence-electron chi connectivity index (χ0n) is 9.96. The molecule has 1 aromatic rings. The van der Waals surface area contributed by atoms with E-state index in [9.17, 15) is 4.39 Å². The van der Waals surface area contributed by atoms with E-state index < -0.39 is 0 Å². The Hall–Kier alpha value is -1.09. The summed E-state index contributed by atoms with van der Waals surface area (Å²) in [4.78, 5) is 1.96. The SMILES string of the molecule is CN(C)c1cc(F)ccc1CC1(CN)CC1. The van der Waals surface area contributed by atoms with Crippen molar-refractivity contribution in [3.8, 4) is 0 Å². The quantitative estimate of drug-likeness (QED) is 0.846. The van der Waals surface area contributed by atoms with E-state index in [-0.39, 0.29) is 5.82 Å². The number of nitrogens with two attached hydrogens (primary N) is 1. The maximum atomic E-state index is 13.2. The Morgan fingerprint density at radius 3 is 2.56 bits per heavy atom. The highest BCUT2D eigenvalue weighted by molar-refractivity contribution is 5.53. The molecule has 0 radical (unpaired) electrons. The van der Waals surface area contributed by atoms with Crippen LogP contribution in [0.5, 0.6) is 0 Å². The molecule has 0 aliphatic heterocycles. The van der Waals surface area contributed by atoms with Gasteiger partial charge in [0.25, 0.3) is 0 Å². The predicted octanol–water partition coefficient (Wildman–Crippen LogP) is 2.17. The Labute approximate surface area is 96.2 Å². The van der Waals surface area contributed by atoms with Crippen LogP contribution in [0.3, 0.4) is 0 Å². The van der Waals surface area contributed by atoms with E-state index in [0.717, 1.165) is 18.7 Å². The lowest BCUT2D eigenvalue weighted by Gasteiger charge is -2.20. The second-order valence-electron chi connectivity index (χ2n) is 5.05. The first-order valence-electron chi connectivity index (χ1n) is 5.72. The van der Waals surface area contributed by atoms with Gasteiger partial charge in [0.1, 0.15) is 5.82 Å². The largest absolute Gasteiger partial charge is 0.377 e. The molecule has 0 saturated heterocycles. The minimum absolute atomic E-state index is 0.176. The van der Waals surface area contributed by atoms with Crippen LogP contribution in [0.1, 0.15) is 18.4 Å². The Morgan fingerprint density at radius 1 is 1.38 bits per heavy atom. The number of hydrogen-bond donors (Lipinski definition) is 1. The van der Waals surface area contributed by atoms with Crippen LogP contribution in [0.4, 0.5) is 10.1 Å². The molecular weight excluding hydrogens is 203 g/mol. The van der Waals surface area contributed by atoms with Crippen molar-refractivity contribution in [2.45, 2.75) is 19.3 Å². The fourth-order valence-electron chi connectivity index (χ4n) is 2.14. The number of halogens is 1. The standard InChI is InChI=1S/C13H19FN2/c1-16(2)12-7-11(14)4-3-10(12)8-13(9-15)5-6-13/h3-4,7H,5-6,8-9,15H2,1-2H3. The molecule has 2 rings (SSSR count). The Balaban J connectivity index is 2.26. The van der Waals surface area contributed by atoms with Crippen molar-refractivity contribution in [2.75, 3.05) is 25.5 Å². The molecule has 2 N–H and O–H groups in total. The maximum Gasteiger partial charge on any atom is 0.125 e. The molecule has 1 aliphatic rings. The second kappa shape index (κ2) is 4.06. The minimum atomic E-state index is -0.176. The van der Waals surface area contributed by atoms with Gasteiger partial charge in [-0.05, 0) is 48.9 Å². The molecule has 0 aromatic heterocycles. The van der Waals surface area contributed by atoms with Gasteiger partial charge in [-0.1, -0.05) is 6.07 Å². The summed E-state index contributed by atoms with van der Waals surface area (Å²) >= 11 is 0. The second-order valence-corrected chi connectivity index (χ2v) is 5.05. The van der Waals surface area contributed by atoms with Crippen molar-refractivity contribution >= 4 is 5.69 Å². The van der Waals surface area contributed by atoms with E-state index in [1.807, 2.05) is 25.1 Å². The fraction of sp³-hybridized carbons (Fsp3) is 0.538. The van der Waals surface area contributed by atoms with E-state index in [4.69, 9.17) is 5.73 Å². The smallest absolute Gasteiger partial charge is 0.125 e. The van der Waals surface area contributed by atoms with Crippen LogP contribution >= 0.6 is 0 Å². The number of rotatable bonds is 4.